The molecule has 0 heterocycles. The Kier molecular flexibility index (Phi) is 6.83. The molecule has 1 amide bonds. The van der Waals surface area contributed by atoms with Crippen molar-refractivity contribution >= 4 is 18.3 Å². The highest BCUT2D eigenvalue weighted by Crippen LogP contribution is 2.20. The molecule has 1 saturated carbocycles. The van der Waals surface area contributed by atoms with E-state index in [0.717, 1.165) is 31.2 Å². The summed E-state index contributed by atoms with van der Waals surface area (Å²) in [4.78, 5) is 12.2. The van der Waals surface area contributed by atoms with Crippen molar-refractivity contribution in [2.24, 2.45) is 5.73 Å². The number of carbonyl (C=O) groups is 1. The molecule has 0 atom stereocenters. The highest BCUT2D eigenvalue weighted by molar-refractivity contribution is 5.85. The fraction of sp³-hybridized carbons (Fsp3) is 0.350. The predicted molar refractivity (Wildman–Crippen MR) is 101 cm³/mol. The second-order valence-corrected chi connectivity index (χ2v) is 6.42. The molecule has 0 bridgehead atoms. The van der Waals surface area contributed by atoms with Crippen LogP contribution in [0.2, 0.25) is 0 Å². The first-order valence-electron chi connectivity index (χ1n) is 8.40. The Hall–Kier alpha value is -1.84. The zero-order valence-electron chi connectivity index (χ0n) is 13.8. The van der Waals surface area contributed by atoms with E-state index in [-0.39, 0.29) is 18.3 Å². The Balaban J connectivity index is 0.00000208. The van der Waals surface area contributed by atoms with Gasteiger partial charge < -0.3 is 11.1 Å². The van der Waals surface area contributed by atoms with Crippen LogP contribution in [0.1, 0.15) is 31.2 Å². The zero-order chi connectivity index (χ0) is 16.1. The third-order valence-electron chi connectivity index (χ3n) is 4.56. The lowest BCUT2D eigenvalue weighted by molar-refractivity contribution is -0.121. The second-order valence-electron chi connectivity index (χ2n) is 6.42. The molecule has 3 rings (SSSR count). The summed E-state index contributed by atoms with van der Waals surface area (Å²) in [6.45, 7) is 0. The maximum absolute atomic E-state index is 12.2. The van der Waals surface area contributed by atoms with E-state index in [1.54, 1.807) is 0 Å². The maximum atomic E-state index is 12.2. The first-order chi connectivity index (χ1) is 11.2. The van der Waals surface area contributed by atoms with Crippen LogP contribution >= 0.6 is 12.4 Å². The first kappa shape index (κ1) is 18.5. The van der Waals surface area contributed by atoms with Crippen molar-refractivity contribution in [3.8, 4) is 11.1 Å². The number of nitrogens with one attached hydrogen (secondary N) is 1. The van der Waals surface area contributed by atoms with Crippen molar-refractivity contribution in [1.29, 1.82) is 0 Å². The first-order valence-corrected chi connectivity index (χ1v) is 8.40. The van der Waals surface area contributed by atoms with Crippen LogP contribution in [0.3, 0.4) is 0 Å². The van der Waals surface area contributed by atoms with Crippen molar-refractivity contribution in [2.75, 3.05) is 0 Å². The molecule has 0 aliphatic heterocycles. The van der Waals surface area contributed by atoms with Crippen LogP contribution in [-0.4, -0.2) is 18.0 Å². The Morgan fingerprint density at radius 1 is 0.917 bits per heavy atom. The molecule has 3 nitrogen and oxygen atoms in total. The molecule has 1 aliphatic carbocycles. The van der Waals surface area contributed by atoms with Gasteiger partial charge in [-0.25, -0.2) is 0 Å². The summed E-state index contributed by atoms with van der Waals surface area (Å²) in [5.41, 5.74) is 9.32. The fourth-order valence-electron chi connectivity index (χ4n) is 3.17. The molecule has 24 heavy (non-hydrogen) atoms. The van der Waals surface area contributed by atoms with E-state index in [1.807, 2.05) is 30.3 Å². The van der Waals surface area contributed by atoms with Crippen LogP contribution in [0.25, 0.3) is 11.1 Å². The number of hydrogen-bond acceptors (Lipinski definition) is 2. The van der Waals surface area contributed by atoms with Crippen LogP contribution in [0, 0.1) is 0 Å². The third-order valence-corrected chi connectivity index (χ3v) is 4.56. The minimum Gasteiger partial charge on any atom is -0.353 e. The van der Waals surface area contributed by atoms with Gasteiger partial charge in [0.1, 0.15) is 0 Å². The number of amides is 1. The summed E-state index contributed by atoms with van der Waals surface area (Å²) >= 11 is 0. The molecule has 1 aliphatic rings. The van der Waals surface area contributed by atoms with Gasteiger partial charge >= 0.3 is 0 Å². The van der Waals surface area contributed by atoms with Gasteiger partial charge in [-0.15, -0.1) is 12.4 Å². The average Bonchev–Trinajstić information content (AvgIpc) is 2.58. The van der Waals surface area contributed by atoms with Gasteiger partial charge in [-0.3, -0.25) is 4.79 Å². The Morgan fingerprint density at radius 3 is 2.12 bits per heavy atom. The van der Waals surface area contributed by atoms with Gasteiger partial charge in [-0.05, 0) is 42.4 Å². The molecule has 1 fully saturated rings. The number of rotatable bonds is 4. The van der Waals surface area contributed by atoms with Gasteiger partial charge in [0.25, 0.3) is 0 Å². The van der Waals surface area contributed by atoms with E-state index >= 15 is 0 Å². The lowest BCUT2D eigenvalue weighted by atomic mass is 9.91. The largest absolute Gasteiger partial charge is 0.353 e. The molecule has 0 radical (unpaired) electrons. The van der Waals surface area contributed by atoms with Crippen molar-refractivity contribution in [1.82, 2.24) is 5.32 Å². The Morgan fingerprint density at radius 2 is 1.50 bits per heavy atom. The second kappa shape index (κ2) is 8.86. The summed E-state index contributed by atoms with van der Waals surface area (Å²) in [6, 6.07) is 19.1. The lowest BCUT2D eigenvalue weighted by Crippen LogP contribution is -2.41. The molecular formula is C20H25ClN2O. The van der Waals surface area contributed by atoms with E-state index in [1.165, 1.54) is 11.1 Å². The van der Waals surface area contributed by atoms with Crippen molar-refractivity contribution in [3.63, 3.8) is 0 Å². The lowest BCUT2D eigenvalue weighted by Gasteiger charge is -2.26. The summed E-state index contributed by atoms with van der Waals surface area (Å²) in [5.74, 6) is 0.109. The molecule has 4 heteroatoms. The minimum absolute atomic E-state index is 0. The number of benzene rings is 2. The number of halogens is 1. The van der Waals surface area contributed by atoms with Gasteiger partial charge in [0.2, 0.25) is 5.91 Å². The molecule has 128 valence electrons. The SMILES string of the molecule is Cl.NC1CCC(NC(=O)Cc2ccc(-c3ccccc3)cc2)CC1. The van der Waals surface area contributed by atoms with E-state index in [9.17, 15) is 4.79 Å². The molecule has 0 aromatic heterocycles. The van der Waals surface area contributed by atoms with E-state index in [4.69, 9.17) is 5.73 Å². The summed E-state index contributed by atoms with van der Waals surface area (Å²) in [7, 11) is 0. The van der Waals surface area contributed by atoms with Crippen molar-refractivity contribution in [3.05, 3.63) is 60.2 Å². The highest BCUT2D eigenvalue weighted by Gasteiger charge is 2.19. The Bertz CT molecular complexity index is 634. The van der Waals surface area contributed by atoms with Crippen molar-refractivity contribution in [2.45, 2.75) is 44.2 Å². The summed E-state index contributed by atoms with van der Waals surface area (Å²) in [5, 5.41) is 3.14. The topological polar surface area (TPSA) is 55.1 Å². The number of carbonyl (C=O) groups excluding carboxylic acids is 1. The fourth-order valence-corrected chi connectivity index (χ4v) is 3.17. The zero-order valence-corrected chi connectivity index (χ0v) is 14.6. The number of hydrogen-bond donors (Lipinski definition) is 2. The minimum atomic E-state index is 0. The van der Waals surface area contributed by atoms with Crippen LogP contribution in [0.5, 0.6) is 0 Å². The third kappa shape index (κ3) is 5.08. The van der Waals surface area contributed by atoms with Gasteiger partial charge in [-0.2, -0.15) is 0 Å². The smallest absolute Gasteiger partial charge is 0.224 e. The maximum Gasteiger partial charge on any atom is 0.224 e. The average molecular weight is 345 g/mol. The van der Waals surface area contributed by atoms with E-state index in [0.29, 0.717) is 18.5 Å². The molecule has 3 N–H and O–H groups in total. The van der Waals surface area contributed by atoms with Crippen LogP contribution in [-0.2, 0) is 11.2 Å². The van der Waals surface area contributed by atoms with Crippen LogP contribution in [0.15, 0.2) is 54.6 Å². The molecular weight excluding hydrogens is 320 g/mol. The van der Waals surface area contributed by atoms with Gasteiger partial charge in [0, 0.05) is 12.1 Å². The van der Waals surface area contributed by atoms with Crippen LogP contribution in [0.4, 0.5) is 0 Å². The standard InChI is InChI=1S/C20H24N2O.ClH/c21-18-10-12-19(13-11-18)22-20(23)14-15-6-8-17(9-7-15)16-4-2-1-3-5-16;/h1-9,18-19H,10-14,21H2,(H,22,23);1H. The van der Waals surface area contributed by atoms with Crippen molar-refractivity contribution < 1.29 is 4.79 Å². The molecule has 2 aromatic rings. The van der Waals surface area contributed by atoms with E-state index < -0.39 is 0 Å². The van der Waals surface area contributed by atoms with Gasteiger partial charge in [0.15, 0.2) is 0 Å². The molecule has 2 aromatic carbocycles. The monoisotopic (exact) mass is 344 g/mol. The quantitative estimate of drug-likeness (QED) is 0.888. The Labute approximate surface area is 150 Å². The van der Waals surface area contributed by atoms with Crippen LogP contribution < -0.4 is 11.1 Å². The number of nitrogens with two attached hydrogens (primary N) is 1. The summed E-state index contributed by atoms with van der Waals surface area (Å²) < 4.78 is 0. The normalized spacial score (nSPS) is 20.0. The van der Waals surface area contributed by atoms with E-state index in [2.05, 4.69) is 29.6 Å². The summed E-state index contributed by atoms with van der Waals surface area (Å²) in [6.07, 6.45) is 4.46. The predicted octanol–water partition coefficient (Wildman–Crippen LogP) is 3.70. The molecule has 0 unspecified atom stereocenters. The van der Waals surface area contributed by atoms with Gasteiger partial charge in [0.05, 0.1) is 6.42 Å². The highest BCUT2D eigenvalue weighted by atomic mass is 35.5. The van der Waals surface area contributed by atoms with Gasteiger partial charge in [-0.1, -0.05) is 54.6 Å². The molecule has 0 spiro atoms. The molecule has 0 saturated heterocycles.